The molecule has 1 spiro atoms. The van der Waals surface area contributed by atoms with Gasteiger partial charge in [-0.3, -0.25) is 9.69 Å². The van der Waals surface area contributed by atoms with E-state index >= 15 is 0 Å². The van der Waals surface area contributed by atoms with Gasteiger partial charge in [0.15, 0.2) is 0 Å². The molecule has 0 amide bonds. The van der Waals surface area contributed by atoms with Crippen LogP contribution >= 0.6 is 0 Å². The Kier molecular flexibility index (Phi) is 11.2. The molecule has 44 heavy (non-hydrogen) atoms. The fourth-order valence-electron chi connectivity index (χ4n) is 8.23. The number of para-hydroxylation sites is 1. The molecule has 2 saturated heterocycles. The summed E-state index contributed by atoms with van der Waals surface area (Å²) in [5.74, 6) is 1.23. The smallest absolute Gasteiger partial charge is 0.466 e. The third-order valence-corrected chi connectivity index (χ3v) is 10.1. The van der Waals surface area contributed by atoms with E-state index in [9.17, 15) is 9.59 Å². The second-order valence-electron chi connectivity index (χ2n) is 12.2. The zero-order chi connectivity index (χ0) is 30.0. The Balaban J connectivity index is 0.000000584. The minimum Gasteiger partial charge on any atom is -0.466 e. The van der Waals surface area contributed by atoms with E-state index in [1.807, 2.05) is 38.2 Å². The van der Waals surface area contributed by atoms with Crippen LogP contribution in [0.5, 0.6) is 0 Å². The molecule has 7 rings (SSSR count). The van der Waals surface area contributed by atoms with Gasteiger partial charge >= 0.3 is 29.0 Å². The number of hydrogen-bond acceptors (Lipinski definition) is 7. The van der Waals surface area contributed by atoms with Crippen LogP contribution in [0.3, 0.4) is 0 Å². The van der Waals surface area contributed by atoms with E-state index < -0.39 is 0 Å². The number of carbonyl (C=O) groups excluding carboxylic acids is 2. The number of nitrogens with one attached hydrogen (secondary N) is 1. The van der Waals surface area contributed by atoms with Gasteiger partial charge in [0.25, 0.3) is 0 Å². The van der Waals surface area contributed by atoms with Crippen molar-refractivity contribution >= 4 is 17.6 Å². The summed E-state index contributed by atoms with van der Waals surface area (Å²) >= 11 is 0. The summed E-state index contributed by atoms with van der Waals surface area (Å²) in [6.07, 6.45) is 21.0. The summed E-state index contributed by atoms with van der Waals surface area (Å²) < 4.78 is 17.0. The van der Waals surface area contributed by atoms with E-state index in [0.29, 0.717) is 26.2 Å². The van der Waals surface area contributed by atoms with Gasteiger partial charge < -0.3 is 19.5 Å². The third-order valence-electron chi connectivity index (χ3n) is 10.1. The van der Waals surface area contributed by atoms with Crippen LogP contribution < -0.4 is 5.32 Å². The molecule has 6 aliphatic rings. The maximum atomic E-state index is 13.3. The molecule has 4 fully saturated rings. The number of methoxy groups -OCH3 is 1. The molecule has 7 nitrogen and oxygen atoms in total. The third kappa shape index (κ3) is 6.26. The number of hydrogen-bond donors (Lipinski definition) is 1. The Bertz CT molecular complexity index is 1190. The summed E-state index contributed by atoms with van der Waals surface area (Å²) in [6, 6.07) is 8.87. The first-order chi connectivity index (χ1) is 21.0. The number of benzene rings is 1. The number of likely N-dealkylation sites (tertiary alicyclic amines) is 1. The van der Waals surface area contributed by atoms with Gasteiger partial charge in [-0.2, -0.15) is 0 Å². The molecule has 8 heteroatoms. The maximum absolute atomic E-state index is 13.3. The minimum atomic E-state index is -0.340. The normalized spacial score (nSPS) is 31.9. The number of fused-ring (bicyclic) bond motifs is 1. The van der Waals surface area contributed by atoms with Gasteiger partial charge in [0.1, 0.15) is 0 Å². The molecule has 1 aromatic rings. The van der Waals surface area contributed by atoms with Crippen LogP contribution in [0.4, 0.5) is 5.69 Å². The topological polar surface area (TPSA) is 77.1 Å². The molecule has 232 valence electrons. The molecule has 6 atom stereocenters. The number of rotatable bonds is 6. The van der Waals surface area contributed by atoms with E-state index in [-0.39, 0.29) is 64.3 Å². The average Bonchev–Trinajstić information content (AvgIpc) is 3.85. The quantitative estimate of drug-likeness (QED) is 0.351. The van der Waals surface area contributed by atoms with Crippen molar-refractivity contribution in [3.05, 3.63) is 105 Å². The van der Waals surface area contributed by atoms with Gasteiger partial charge in [0.05, 0.1) is 31.3 Å². The van der Waals surface area contributed by atoms with Gasteiger partial charge in [-0.1, -0.05) is 18.2 Å². The van der Waals surface area contributed by atoms with Crippen molar-refractivity contribution < 1.29 is 40.9 Å². The van der Waals surface area contributed by atoms with E-state index in [1.54, 1.807) is 0 Å². The predicted octanol–water partition coefficient (Wildman–Crippen LogP) is 4.90. The Morgan fingerprint density at radius 2 is 1.77 bits per heavy atom. The molecule has 3 heterocycles. The first-order valence-electron chi connectivity index (χ1n) is 15.5. The van der Waals surface area contributed by atoms with Crippen LogP contribution in [0.1, 0.15) is 38.7 Å². The number of nitrogens with zero attached hydrogens (tertiary/aromatic N) is 1. The molecule has 0 unspecified atom stereocenters. The standard InChI is InChI=1S/C31H37N2O5.C5H5.Fe/c1-19(21-8-4-5-9-21)33-14-13-31-26-10-6-7-11-27(26)32-28(31)24(30(35)36-3)16-23(29(31)33)25-18-37-15-12-22(25)17-38-20(2)34;1-2-4-5-3-1;/h4-11,19,22-23,25,29,32H,12-18H2,1-3H3;1-5H;/q;;+2/t19-,22-,23-,25-,29-,31-;;/m0../s1. The van der Waals surface area contributed by atoms with Crippen molar-refractivity contribution in [2.75, 3.05) is 38.8 Å². The summed E-state index contributed by atoms with van der Waals surface area (Å²) in [7, 11) is 1.47. The van der Waals surface area contributed by atoms with Crippen molar-refractivity contribution in [2.45, 2.75) is 50.6 Å². The summed E-state index contributed by atoms with van der Waals surface area (Å²) in [5.41, 5.74) is 3.75. The SMILES string of the molecule is COC(=O)C1=C2Nc3ccccc3[C@@]23CCN([C@@H](C)[C]2[CH][CH][CH][CH]2)[C@H]3[C@H]([C@H]2COCC[C@H]2COC(C)=O)C1.[CH]1[CH][CH][CH][CH]1.[Fe+2]. The first kappa shape index (κ1) is 33.5. The number of ether oxygens (including phenoxy) is 3. The van der Waals surface area contributed by atoms with Crippen molar-refractivity contribution in [1.82, 2.24) is 4.90 Å². The van der Waals surface area contributed by atoms with Gasteiger partial charge in [-0.25, -0.2) is 4.79 Å². The van der Waals surface area contributed by atoms with Gasteiger partial charge in [-0.15, -0.1) is 0 Å². The summed E-state index contributed by atoms with van der Waals surface area (Å²) in [4.78, 5) is 27.8. The molecular weight excluding hydrogens is 596 g/mol. The zero-order valence-electron chi connectivity index (χ0n) is 25.7. The van der Waals surface area contributed by atoms with E-state index in [4.69, 9.17) is 14.2 Å². The molecule has 3 aliphatic heterocycles. The van der Waals surface area contributed by atoms with Crippen LogP contribution in [0.25, 0.3) is 0 Å². The summed E-state index contributed by atoms with van der Waals surface area (Å²) in [5, 5.41) is 3.68. The Labute approximate surface area is 274 Å². The molecule has 2 saturated carbocycles. The second-order valence-corrected chi connectivity index (χ2v) is 12.2. The van der Waals surface area contributed by atoms with Gasteiger partial charge in [0.2, 0.25) is 0 Å². The van der Waals surface area contributed by atoms with Crippen LogP contribution in [0.15, 0.2) is 35.5 Å². The molecule has 3 aliphatic carbocycles. The molecule has 1 N–H and O–H groups in total. The van der Waals surface area contributed by atoms with Gasteiger partial charge in [-0.05, 0) is 107 Å². The second kappa shape index (κ2) is 14.7. The minimum absolute atomic E-state index is 0. The van der Waals surface area contributed by atoms with Crippen molar-refractivity contribution in [3.8, 4) is 0 Å². The monoisotopic (exact) mass is 638 g/mol. The first-order valence-corrected chi connectivity index (χ1v) is 15.5. The molecule has 0 aromatic heterocycles. The summed E-state index contributed by atoms with van der Waals surface area (Å²) in [6.45, 7) is 6.33. The molecule has 0 bridgehead atoms. The average molecular weight is 639 g/mol. The number of carbonyl (C=O) groups is 2. The van der Waals surface area contributed by atoms with Crippen molar-refractivity contribution in [2.24, 2.45) is 17.8 Å². The number of esters is 2. The largest absolute Gasteiger partial charge is 2.00 e. The van der Waals surface area contributed by atoms with Crippen LogP contribution in [-0.2, 0) is 46.3 Å². The van der Waals surface area contributed by atoms with Crippen LogP contribution in [0, 0.1) is 81.5 Å². The maximum Gasteiger partial charge on any atom is 2.00 e. The molecule has 1 aromatic carbocycles. The Morgan fingerprint density at radius 3 is 2.45 bits per heavy atom. The van der Waals surface area contributed by atoms with Crippen molar-refractivity contribution in [1.29, 1.82) is 0 Å². The van der Waals surface area contributed by atoms with E-state index in [2.05, 4.69) is 61.0 Å². The Hall–Kier alpha value is -1.86. The van der Waals surface area contributed by atoms with Crippen LogP contribution in [-0.4, -0.2) is 62.4 Å². The predicted molar refractivity (Wildman–Crippen MR) is 164 cm³/mol. The number of anilines is 1. The van der Waals surface area contributed by atoms with E-state index in [1.165, 1.54) is 25.5 Å². The van der Waals surface area contributed by atoms with Crippen molar-refractivity contribution in [3.63, 3.8) is 0 Å². The fourth-order valence-corrected chi connectivity index (χ4v) is 8.23. The van der Waals surface area contributed by atoms with Crippen LogP contribution in [0.2, 0.25) is 0 Å². The Morgan fingerprint density at radius 1 is 1.07 bits per heavy atom. The molecule has 10 radical (unpaired) electrons. The molecular formula is C36H42FeN2O5+2. The van der Waals surface area contributed by atoms with E-state index in [0.717, 1.165) is 36.3 Å². The van der Waals surface area contributed by atoms with Gasteiger partial charge in [0, 0.05) is 55.4 Å². The fraction of sp³-hybridized carbons (Fsp3) is 0.444. The zero-order valence-corrected chi connectivity index (χ0v) is 26.8.